The minimum absolute atomic E-state index is 0.147. The molecule has 0 unspecified atom stereocenters. The van der Waals surface area contributed by atoms with Crippen molar-refractivity contribution in [2.24, 2.45) is 4.99 Å². The van der Waals surface area contributed by atoms with E-state index in [0.29, 0.717) is 4.90 Å². The molecule has 1 aromatic heterocycles. The Labute approximate surface area is 199 Å². The topological polar surface area (TPSA) is 141 Å². The first kappa shape index (κ1) is 28.6. The standard InChI is InChI=1S/C22H35N5O7/c1-20(2,3)32-17(29)23-13-11-15(28)27(19(31)34-22(7,8)9)16(26-14-10-12-24-26)25-18(30)33-21(4,5)6/h10,12,14H,11,13H2,1-9H3,(H,23,29). The molecular weight excluding hydrogens is 446 g/mol. The number of aromatic nitrogens is 2. The highest BCUT2D eigenvalue weighted by Crippen LogP contribution is 2.14. The van der Waals surface area contributed by atoms with E-state index in [-0.39, 0.29) is 13.0 Å². The van der Waals surface area contributed by atoms with Crippen molar-refractivity contribution in [2.45, 2.75) is 85.5 Å². The quantitative estimate of drug-likeness (QED) is 0.391. The zero-order valence-electron chi connectivity index (χ0n) is 21.3. The maximum Gasteiger partial charge on any atom is 0.437 e. The molecule has 0 aromatic carbocycles. The van der Waals surface area contributed by atoms with Crippen LogP contribution in [0.4, 0.5) is 14.4 Å². The molecule has 12 heteroatoms. The van der Waals surface area contributed by atoms with Crippen LogP contribution in [0.25, 0.3) is 0 Å². The van der Waals surface area contributed by atoms with Crippen molar-refractivity contribution < 1.29 is 33.4 Å². The van der Waals surface area contributed by atoms with Crippen LogP contribution in [0.1, 0.15) is 68.7 Å². The maximum absolute atomic E-state index is 13.1. The number of rotatable bonds is 3. The third-order valence-corrected chi connectivity index (χ3v) is 3.33. The molecule has 190 valence electrons. The molecule has 1 rings (SSSR count). The van der Waals surface area contributed by atoms with Gasteiger partial charge in [0.1, 0.15) is 16.8 Å². The molecule has 4 amide bonds. The van der Waals surface area contributed by atoms with Crippen molar-refractivity contribution in [1.82, 2.24) is 20.0 Å². The Kier molecular flexibility index (Phi) is 9.35. The number of carbonyl (C=O) groups is 4. The number of hydrogen-bond acceptors (Lipinski definition) is 8. The summed E-state index contributed by atoms with van der Waals surface area (Å²) >= 11 is 0. The molecule has 0 spiro atoms. The zero-order chi connectivity index (χ0) is 26.3. The Morgan fingerprint density at radius 3 is 1.94 bits per heavy atom. The van der Waals surface area contributed by atoms with Gasteiger partial charge in [-0.15, -0.1) is 4.99 Å². The number of ether oxygens (including phenoxy) is 3. The van der Waals surface area contributed by atoms with Gasteiger partial charge in [0.15, 0.2) is 0 Å². The van der Waals surface area contributed by atoms with E-state index in [1.165, 1.54) is 18.5 Å². The van der Waals surface area contributed by atoms with Gasteiger partial charge in [0, 0.05) is 25.4 Å². The predicted molar refractivity (Wildman–Crippen MR) is 123 cm³/mol. The van der Waals surface area contributed by atoms with Gasteiger partial charge >= 0.3 is 18.3 Å². The van der Waals surface area contributed by atoms with Gasteiger partial charge in [-0.2, -0.15) is 10.00 Å². The second-order valence-electron chi connectivity index (χ2n) is 10.2. The van der Waals surface area contributed by atoms with Crippen LogP contribution in [0.15, 0.2) is 23.5 Å². The van der Waals surface area contributed by atoms with Gasteiger partial charge in [0.05, 0.1) is 0 Å². The van der Waals surface area contributed by atoms with Crippen LogP contribution < -0.4 is 5.32 Å². The van der Waals surface area contributed by atoms with Crippen LogP contribution in [0, 0.1) is 0 Å². The van der Waals surface area contributed by atoms with E-state index < -0.39 is 46.9 Å². The lowest BCUT2D eigenvalue weighted by Gasteiger charge is -2.27. The van der Waals surface area contributed by atoms with Gasteiger partial charge in [-0.25, -0.2) is 19.1 Å². The Morgan fingerprint density at radius 2 is 1.47 bits per heavy atom. The molecule has 1 heterocycles. The molecule has 34 heavy (non-hydrogen) atoms. The molecule has 12 nitrogen and oxygen atoms in total. The summed E-state index contributed by atoms with van der Waals surface area (Å²) < 4.78 is 16.8. The molecule has 0 aliphatic carbocycles. The van der Waals surface area contributed by atoms with Gasteiger partial charge in [0.2, 0.25) is 11.9 Å². The molecule has 0 radical (unpaired) electrons. The molecule has 1 N–H and O–H groups in total. The summed E-state index contributed by atoms with van der Waals surface area (Å²) in [6.07, 6.45) is -0.385. The number of nitrogens with one attached hydrogen (secondary N) is 1. The summed E-state index contributed by atoms with van der Waals surface area (Å²) in [4.78, 5) is 54.8. The van der Waals surface area contributed by atoms with Crippen molar-refractivity contribution in [3.63, 3.8) is 0 Å². The second kappa shape index (κ2) is 11.1. The van der Waals surface area contributed by atoms with Crippen molar-refractivity contribution >= 4 is 30.1 Å². The van der Waals surface area contributed by atoms with Crippen molar-refractivity contribution in [3.8, 4) is 0 Å². The van der Waals surface area contributed by atoms with E-state index in [4.69, 9.17) is 14.2 Å². The van der Waals surface area contributed by atoms with Crippen LogP contribution in [-0.2, 0) is 19.0 Å². The summed E-state index contributed by atoms with van der Waals surface area (Å²) in [5, 5.41) is 6.43. The van der Waals surface area contributed by atoms with E-state index in [1.54, 1.807) is 62.3 Å². The fourth-order valence-electron chi connectivity index (χ4n) is 2.26. The molecule has 1 aromatic rings. The van der Waals surface area contributed by atoms with Crippen molar-refractivity contribution in [2.75, 3.05) is 6.54 Å². The highest BCUT2D eigenvalue weighted by Gasteiger charge is 2.34. The number of aliphatic imine (C=N–C) groups is 1. The maximum atomic E-state index is 13.1. The molecule has 0 saturated heterocycles. The number of carbonyl (C=O) groups excluding carboxylic acids is 4. The van der Waals surface area contributed by atoms with Gasteiger partial charge in [-0.3, -0.25) is 4.79 Å². The monoisotopic (exact) mass is 481 g/mol. The SMILES string of the molecule is CC(C)(C)OC(=O)N=C(N(C(=O)CCNC(=O)OC(C)(C)C)C(=O)OC(C)(C)C)n1cccn1. The van der Waals surface area contributed by atoms with E-state index >= 15 is 0 Å². The van der Waals surface area contributed by atoms with E-state index in [1.807, 2.05) is 0 Å². The van der Waals surface area contributed by atoms with E-state index in [2.05, 4.69) is 15.4 Å². The lowest BCUT2D eigenvalue weighted by atomic mass is 10.2. The lowest BCUT2D eigenvalue weighted by Crippen LogP contribution is -2.48. The third-order valence-electron chi connectivity index (χ3n) is 3.33. The van der Waals surface area contributed by atoms with Crippen LogP contribution in [0.5, 0.6) is 0 Å². The summed E-state index contributed by atoms with van der Waals surface area (Å²) in [5.41, 5.74) is -2.54. The Morgan fingerprint density at radius 1 is 0.912 bits per heavy atom. The van der Waals surface area contributed by atoms with Crippen LogP contribution in [-0.4, -0.2) is 68.2 Å². The fourth-order valence-corrected chi connectivity index (χ4v) is 2.26. The number of imide groups is 1. The molecule has 0 bridgehead atoms. The Bertz CT molecular complexity index is 904. The number of nitrogens with zero attached hydrogens (tertiary/aromatic N) is 4. The molecule has 0 saturated carbocycles. The summed E-state index contributed by atoms with van der Waals surface area (Å²) in [7, 11) is 0. The highest BCUT2D eigenvalue weighted by molar-refractivity contribution is 6.12. The molecule has 0 fully saturated rings. The summed E-state index contributed by atoms with van der Waals surface area (Å²) in [6.45, 7) is 14.8. The molecule has 0 atom stereocenters. The number of amides is 4. The first-order valence-electron chi connectivity index (χ1n) is 10.7. The summed E-state index contributed by atoms with van der Waals surface area (Å²) in [6, 6.07) is 1.52. The Hall–Kier alpha value is -3.44. The second-order valence-corrected chi connectivity index (χ2v) is 10.2. The lowest BCUT2D eigenvalue weighted by molar-refractivity contribution is -0.126. The Balaban J connectivity index is 3.25. The number of alkyl carbamates (subject to hydrolysis) is 1. The smallest absolute Gasteiger partial charge is 0.437 e. The van der Waals surface area contributed by atoms with Crippen LogP contribution in [0.2, 0.25) is 0 Å². The highest BCUT2D eigenvalue weighted by atomic mass is 16.6. The molecule has 0 aliphatic rings. The third kappa shape index (κ3) is 10.9. The predicted octanol–water partition coefficient (Wildman–Crippen LogP) is 3.70. The van der Waals surface area contributed by atoms with Crippen LogP contribution in [0.3, 0.4) is 0 Å². The summed E-state index contributed by atoms with van der Waals surface area (Å²) in [5.74, 6) is -1.24. The molecular formula is C22H35N5O7. The van der Waals surface area contributed by atoms with Gasteiger partial charge < -0.3 is 19.5 Å². The zero-order valence-corrected chi connectivity index (χ0v) is 21.3. The van der Waals surface area contributed by atoms with Crippen LogP contribution >= 0.6 is 0 Å². The van der Waals surface area contributed by atoms with Gasteiger partial charge in [-0.05, 0) is 68.4 Å². The normalized spacial score (nSPS) is 12.6. The van der Waals surface area contributed by atoms with Crippen molar-refractivity contribution in [3.05, 3.63) is 18.5 Å². The first-order valence-corrected chi connectivity index (χ1v) is 10.7. The largest absolute Gasteiger partial charge is 0.444 e. The fraction of sp³-hybridized carbons (Fsp3) is 0.636. The average molecular weight is 482 g/mol. The minimum atomic E-state index is -1.08. The van der Waals surface area contributed by atoms with Gasteiger partial charge in [0.25, 0.3) is 0 Å². The molecule has 0 aliphatic heterocycles. The van der Waals surface area contributed by atoms with Gasteiger partial charge in [-0.1, -0.05) is 0 Å². The van der Waals surface area contributed by atoms with E-state index in [0.717, 1.165) is 4.68 Å². The first-order chi connectivity index (χ1) is 15.4. The minimum Gasteiger partial charge on any atom is -0.444 e. The van der Waals surface area contributed by atoms with Crippen molar-refractivity contribution in [1.29, 1.82) is 0 Å². The number of hydrogen-bond donors (Lipinski definition) is 1. The average Bonchev–Trinajstić information content (AvgIpc) is 3.10. The van der Waals surface area contributed by atoms with E-state index in [9.17, 15) is 19.2 Å².